The summed E-state index contributed by atoms with van der Waals surface area (Å²) in [5.41, 5.74) is 0.579. The molecule has 0 fully saturated rings. The fourth-order valence-electron chi connectivity index (χ4n) is 0.924. The number of ketones is 1. The Bertz CT molecular complexity index is 338. The van der Waals surface area contributed by atoms with Crippen molar-refractivity contribution in [1.82, 2.24) is 0 Å². The topological polar surface area (TPSA) is 17.1 Å². The molecule has 1 unspecified atom stereocenters. The zero-order valence-corrected chi connectivity index (χ0v) is 10.2. The molecule has 0 saturated heterocycles. The van der Waals surface area contributed by atoms with Gasteiger partial charge in [-0.15, -0.1) is 24.2 Å². The van der Waals surface area contributed by atoms with Crippen molar-refractivity contribution in [2.45, 2.75) is 17.2 Å². The van der Waals surface area contributed by atoms with Gasteiger partial charge in [-0.05, 0) is 28.9 Å². The Morgan fingerprint density at radius 1 is 1.62 bits per heavy atom. The van der Waals surface area contributed by atoms with Gasteiger partial charge in [0, 0.05) is 14.9 Å². The number of hydrogen-bond donors (Lipinski definition) is 1. The van der Waals surface area contributed by atoms with Crippen molar-refractivity contribution in [3.63, 3.8) is 0 Å². The van der Waals surface area contributed by atoms with Gasteiger partial charge in [0.05, 0.1) is 5.38 Å². The number of alkyl halides is 1. The van der Waals surface area contributed by atoms with Gasteiger partial charge in [-0.3, -0.25) is 4.79 Å². The molecule has 0 heterocycles. The van der Waals surface area contributed by atoms with Crippen molar-refractivity contribution in [3.05, 3.63) is 28.2 Å². The Morgan fingerprint density at radius 2 is 2.23 bits per heavy atom. The average Bonchev–Trinajstić information content (AvgIpc) is 2.08. The summed E-state index contributed by atoms with van der Waals surface area (Å²) >= 11 is 13.2. The van der Waals surface area contributed by atoms with Crippen LogP contribution in [0, 0.1) is 0 Å². The van der Waals surface area contributed by atoms with E-state index in [-0.39, 0.29) is 5.78 Å². The molecule has 70 valence electrons. The Hall–Kier alpha value is 0.01000. The van der Waals surface area contributed by atoms with Crippen LogP contribution in [0.1, 0.15) is 17.3 Å². The van der Waals surface area contributed by atoms with Crippen LogP contribution in [0.5, 0.6) is 0 Å². The van der Waals surface area contributed by atoms with Gasteiger partial charge in [-0.2, -0.15) is 0 Å². The Morgan fingerprint density at radius 3 is 2.77 bits per heavy atom. The van der Waals surface area contributed by atoms with Crippen molar-refractivity contribution in [3.8, 4) is 0 Å². The van der Waals surface area contributed by atoms with Gasteiger partial charge in [-0.1, -0.05) is 12.1 Å². The fraction of sp³-hybridized carbons (Fsp3) is 0.222. The van der Waals surface area contributed by atoms with Crippen LogP contribution in [-0.2, 0) is 0 Å². The highest BCUT2D eigenvalue weighted by Gasteiger charge is 2.15. The molecular weight excluding hydrogens is 272 g/mol. The Kier molecular flexibility index (Phi) is 3.83. The first-order valence-electron chi connectivity index (χ1n) is 3.69. The number of Topliss-reactive ketones (excluding diaryl/α,β-unsaturated/α-hetero) is 1. The lowest BCUT2D eigenvalue weighted by Crippen LogP contribution is -2.11. The van der Waals surface area contributed by atoms with E-state index in [9.17, 15) is 4.79 Å². The van der Waals surface area contributed by atoms with Crippen molar-refractivity contribution < 1.29 is 4.79 Å². The van der Waals surface area contributed by atoms with Gasteiger partial charge < -0.3 is 0 Å². The second-order valence-corrected chi connectivity index (χ2v) is 4.55. The van der Waals surface area contributed by atoms with Gasteiger partial charge in [0.2, 0.25) is 0 Å². The summed E-state index contributed by atoms with van der Waals surface area (Å²) in [5, 5.41) is -0.508. The van der Waals surface area contributed by atoms with E-state index in [1.807, 2.05) is 6.07 Å². The van der Waals surface area contributed by atoms with Gasteiger partial charge in [-0.25, -0.2) is 0 Å². The zero-order valence-electron chi connectivity index (χ0n) is 6.92. The molecule has 0 aliphatic rings. The zero-order chi connectivity index (χ0) is 10.0. The molecule has 1 rings (SSSR count). The first-order chi connectivity index (χ1) is 6.04. The maximum atomic E-state index is 11.5. The minimum absolute atomic E-state index is 0.0931. The number of benzene rings is 1. The van der Waals surface area contributed by atoms with E-state index < -0.39 is 5.38 Å². The number of hydrogen-bond acceptors (Lipinski definition) is 2. The summed E-state index contributed by atoms with van der Waals surface area (Å²) in [6.07, 6.45) is 0. The summed E-state index contributed by atoms with van der Waals surface area (Å²) in [4.78, 5) is 12.3. The number of rotatable bonds is 2. The number of carbonyl (C=O) groups excluding carboxylic acids is 1. The second-order valence-electron chi connectivity index (χ2n) is 2.62. The van der Waals surface area contributed by atoms with E-state index in [2.05, 4.69) is 28.6 Å². The third-order valence-electron chi connectivity index (χ3n) is 1.61. The molecular formula is C9H8BrClOS. The molecule has 0 N–H and O–H groups in total. The monoisotopic (exact) mass is 278 g/mol. The molecule has 0 bridgehead atoms. The Labute approximate surface area is 96.0 Å². The lowest BCUT2D eigenvalue weighted by Gasteiger charge is -2.06. The molecule has 1 atom stereocenters. The summed E-state index contributed by atoms with van der Waals surface area (Å²) in [5.74, 6) is -0.0931. The van der Waals surface area contributed by atoms with Gasteiger partial charge in [0.1, 0.15) is 0 Å². The van der Waals surface area contributed by atoms with Crippen LogP contribution in [0.15, 0.2) is 27.6 Å². The van der Waals surface area contributed by atoms with Crippen molar-refractivity contribution in [2.75, 3.05) is 0 Å². The molecule has 0 amide bonds. The smallest absolute Gasteiger partial charge is 0.181 e. The predicted molar refractivity (Wildman–Crippen MR) is 61.0 cm³/mol. The quantitative estimate of drug-likeness (QED) is 0.498. The molecule has 4 heteroatoms. The van der Waals surface area contributed by atoms with E-state index in [1.165, 1.54) is 0 Å². The lowest BCUT2D eigenvalue weighted by molar-refractivity contribution is 0.0991. The van der Waals surface area contributed by atoms with Crippen molar-refractivity contribution >= 4 is 45.9 Å². The van der Waals surface area contributed by atoms with Gasteiger partial charge in [0.15, 0.2) is 5.78 Å². The Balaban J connectivity index is 3.15. The summed E-state index contributed by atoms with van der Waals surface area (Å²) < 4.78 is 0.704. The van der Waals surface area contributed by atoms with Gasteiger partial charge in [0.25, 0.3) is 0 Å². The molecule has 0 saturated carbocycles. The van der Waals surface area contributed by atoms with Crippen LogP contribution >= 0.6 is 40.2 Å². The fourth-order valence-corrected chi connectivity index (χ4v) is 1.71. The number of thiol groups is 1. The molecule has 0 aliphatic heterocycles. The third-order valence-corrected chi connectivity index (χ3v) is 3.34. The molecule has 0 aliphatic carbocycles. The predicted octanol–water partition coefficient (Wildman–Crippen LogP) is 3.55. The van der Waals surface area contributed by atoms with Crippen molar-refractivity contribution in [1.29, 1.82) is 0 Å². The first kappa shape index (κ1) is 11.1. The van der Waals surface area contributed by atoms with E-state index in [0.717, 1.165) is 4.90 Å². The minimum atomic E-state index is -0.508. The molecule has 1 nitrogen and oxygen atoms in total. The van der Waals surface area contributed by atoms with Crippen LogP contribution < -0.4 is 0 Å². The molecule has 0 aromatic heterocycles. The van der Waals surface area contributed by atoms with E-state index in [4.69, 9.17) is 11.6 Å². The highest BCUT2D eigenvalue weighted by molar-refractivity contribution is 9.10. The van der Waals surface area contributed by atoms with Crippen molar-refractivity contribution in [2.24, 2.45) is 0 Å². The largest absolute Gasteiger partial charge is 0.292 e. The maximum Gasteiger partial charge on any atom is 0.181 e. The summed E-state index contributed by atoms with van der Waals surface area (Å²) in [6.45, 7) is 1.65. The SMILES string of the molecule is CC(Cl)C(=O)c1cccc(S)c1Br. The van der Waals surface area contributed by atoms with E-state index in [1.54, 1.807) is 19.1 Å². The number of halogens is 2. The molecule has 0 spiro atoms. The molecule has 0 radical (unpaired) electrons. The molecule has 13 heavy (non-hydrogen) atoms. The average molecular weight is 280 g/mol. The standard InChI is InChI=1S/C9H8BrClOS/c1-5(11)9(12)6-3-2-4-7(13)8(6)10/h2-5,13H,1H3. The molecule has 1 aromatic rings. The highest BCUT2D eigenvalue weighted by atomic mass is 79.9. The first-order valence-corrected chi connectivity index (χ1v) is 5.37. The van der Waals surface area contributed by atoms with Crippen LogP contribution in [-0.4, -0.2) is 11.2 Å². The van der Waals surface area contributed by atoms with E-state index in [0.29, 0.717) is 10.0 Å². The minimum Gasteiger partial charge on any atom is -0.292 e. The van der Waals surface area contributed by atoms with Crippen LogP contribution in [0.25, 0.3) is 0 Å². The summed E-state index contributed by atoms with van der Waals surface area (Å²) in [6, 6.07) is 5.31. The van der Waals surface area contributed by atoms with Crippen LogP contribution in [0.3, 0.4) is 0 Å². The molecule has 1 aromatic carbocycles. The third kappa shape index (κ3) is 2.48. The normalized spacial score (nSPS) is 12.6. The second kappa shape index (κ2) is 4.49. The van der Waals surface area contributed by atoms with Crippen LogP contribution in [0.2, 0.25) is 0 Å². The van der Waals surface area contributed by atoms with E-state index >= 15 is 0 Å². The lowest BCUT2D eigenvalue weighted by atomic mass is 10.1. The summed E-state index contributed by atoms with van der Waals surface area (Å²) in [7, 11) is 0. The maximum absolute atomic E-state index is 11.5. The number of carbonyl (C=O) groups is 1. The highest BCUT2D eigenvalue weighted by Crippen LogP contribution is 2.26. The van der Waals surface area contributed by atoms with Gasteiger partial charge >= 0.3 is 0 Å². The van der Waals surface area contributed by atoms with Crippen LogP contribution in [0.4, 0.5) is 0 Å².